The maximum atomic E-state index is 13.1. The van der Waals surface area contributed by atoms with Gasteiger partial charge in [-0.3, -0.25) is 4.79 Å². The van der Waals surface area contributed by atoms with Crippen LogP contribution in [-0.4, -0.2) is 47.1 Å². The molecule has 0 saturated carbocycles. The van der Waals surface area contributed by atoms with Crippen molar-refractivity contribution >= 4 is 34.1 Å². The van der Waals surface area contributed by atoms with Crippen LogP contribution in [-0.2, 0) is 30.4 Å². The lowest BCUT2D eigenvalue weighted by atomic mass is 9.92. The molecule has 28 heavy (non-hydrogen) atoms. The monoisotopic (exact) mass is 411 g/mol. The number of carbonyl (C=O) groups is 1. The number of thioether (sulfide) groups is 1. The molecule has 2 aromatic carbocycles. The van der Waals surface area contributed by atoms with Gasteiger partial charge in [0.25, 0.3) is 0 Å². The van der Waals surface area contributed by atoms with Crippen LogP contribution in [0, 0.1) is 0 Å². The summed E-state index contributed by atoms with van der Waals surface area (Å²) in [5.41, 5.74) is 5.95. The van der Waals surface area contributed by atoms with E-state index in [0.717, 1.165) is 54.2 Å². The second-order valence-corrected chi connectivity index (χ2v) is 8.99. The average molecular weight is 412 g/mol. The molecular weight excluding hydrogens is 386 g/mol. The van der Waals surface area contributed by atoms with E-state index in [9.17, 15) is 4.79 Å². The second-order valence-electron chi connectivity index (χ2n) is 7.39. The van der Waals surface area contributed by atoms with Gasteiger partial charge in [-0.1, -0.05) is 60.4 Å². The second kappa shape index (κ2) is 9.21. The third kappa shape index (κ3) is 4.83. The zero-order chi connectivity index (χ0) is 19.3. The predicted octanol–water partition coefficient (Wildman–Crippen LogP) is 4.10. The Kier molecular flexibility index (Phi) is 6.45. The first-order valence-corrected chi connectivity index (χ1v) is 11.3. The molecule has 7 rings (SSSR count). The van der Waals surface area contributed by atoms with Crippen LogP contribution in [0.25, 0.3) is 0 Å². The zero-order valence-corrected chi connectivity index (χ0v) is 17.6. The van der Waals surface area contributed by atoms with Gasteiger partial charge in [0.2, 0.25) is 0 Å². The maximum absolute atomic E-state index is 13.1. The molecule has 1 aliphatic heterocycles. The van der Waals surface area contributed by atoms with E-state index < -0.39 is 0 Å². The van der Waals surface area contributed by atoms with Crippen LogP contribution in [0.1, 0.15) is 32.6 Å². The highest BCUT2D eigenvalue weighted by atomic mass is 32.2. The van der Waals surface area contributed by atoms with Gasteiger partial charge in [0.1, 0.15) is 4.32 Å². The van der Waals surface area contributed by atoms with Gasteiger partial charge in [0.15, 0.2) is 5.78 Å². The van der Waals surface area contributed by atoms with Gasteiger partial charge >= 0.3 is 0 Å². The van der Waals surface area contributed by atoms with Crippen LogP contribution < -0.4 is 0 Å². The molecule has 0 N–H and O–H groups in total. The van der Waals surface area contributed by atoms with Crippen LogP contribution in [0.2, 0.25) is 0 Å². The molecule has 4 aliphatic carbocycles. The van der Waals surface area contributed by atoms with E-state index in [2.05, 4.69) is 47.4 Å². The number of ketones is 1. The van der Waals surface area contributed by atoms with Gasteiger partial charge < -0.3 is 9.64 Å². The van der Waals surface area contributed by atoms with Crippen LogP contribution >= 0.6 is 24.0 Å². The van der Waals surface area contributed by atoms with E-state index in [-0.39, 0.29) is 5.78 Å². The van der Waals surface area contributed by atoms with Crippen LogP contribution in [0.5, 0.6) is 0 Å². The number of carbonyl (C=O) groups excluding carboxylic acids is 1. The van der Waals surface area contributed by atoms with Crippen LogP contribution in [0.15, 0.2) is 42.5 Å². The Balaban J connectivity index is 1.47. The van der Waals surface area contributed by atoms with Crippen molar-refractivity contribution in [1.82, 2.24) is 4.90 Å². The van der Waals surface area contributed by atoms with Crippen molar-refractivity contribution in [2.24, 2.45) is 0 Å². The lowest BCUT2D eigenvalue weighted by molar-refractivity contribution is 0.0702. The van der Waals surface area contributed by atoms with Crippen molar-refractivity contribution in [1.29, 1.82) is 0 Å². The van der Waals surface area contributed by atoms with Crippen molar-refractivity contribution in [3.05, 3.63) is 70.3 Å². The first-order valence-electron chi connectivity index (χ1n) is 9.91. The number of ether oxygens (including phenoxy) is 1. The summed E-state index contributed by atoms with van der Waals surface area (Å²) >= 11 is 7.02. The van der Waals surface area contributed by atoms with E-state index >= 15 is 0 Å². The number of morpholine rings is 1. The Labute approximate surface area is 176 Å². The molecule has 4 bridgehead atoms. The molecule has 0 spiro atoms. The number of thiocarbonyl (C=S) groups is 1. The Morgan fingerprint density at radius 3 is 2.25 bits per heavy atom. The number of rotatable bonds is 3. The molecule has 5 heteroatoms. The third-order valence-electron chi connectivity index (χ3n) is 5.48. The van der Waals surface area contributed by atoms with E-state index in [1.54, 1.807) is 0 Å². The van der Waals surface area contributed by atoms with E-state index in [1.165, 1.54) is 28.5 Å². The lowest BCUT2D eigenvalue weighted by Gasteiger charge is -2.28. The standard InChI is InChI=1S/C23H25NO2S2/c25-22(16-28-23(27)24-11-13-26-14-12-24)21-15-19-6-5-17-1-3-18(4-2-17)7-9-20(21)10-8-19/h1-4,8,10,15H,5-7,9,11-14,16H2. The molecule has 0 amide bonds. The normalized spacial score (nSPS) is 16.5. The molecule has 146 valence electrons. The number of aryl methyl sites for hydroxylation is 4. The van der Waals surface area contributed by atoms with Gasteiger partial charge in [0, 0.05) is 18.7 Å². The molecular formula is C23H25NO2S2. The fraction of sp³-hybridized carbons (Fsp3) is 0.391. The maximum Gasteiger partial charge on any atom is 0.173 e. The Hall–Kier alpha value is -1.69. The summed E-state index contributed by atoms with van der Waals surface area (Å²) in [6, 6.07) is 15.4. The van der Waals surface area contributed by atoms with Gasteiger partial charge in [-0.25, -0.2) is 0 Å². The highest BCUT2D eigenvalue weighted by molar-refractivity contribution is 8.23. The molecule has 1 saturated heterocycles. The summed E-state index contributed by atoms with van der Waals surface area (Å²) < 4.78 is 6.19. The molecule has 3 nitrogen and oxygen atoms in total. The summed E-state index contributed by atoms with van der Waals surface area (Å²) in [7, 11) is 0. The Bertz CT molecular complexity index is 857. The van der Waals surface area contributed by atoms with Crippen molar-refractivity contribution in [2.45, 2.75) is 25.7 Å². The molecule has 0 atom stereocenters. The molecule has 5 aliphatic rings. The Morgan fingerprint density at radius 1 is 0.929 bits per heavy atom. The molecule has 0 aromatic heterocycles. The quantitative estimate of drug-likeness (QED) is 0.560. The summed E-state index contributed by atoms with van der Waals surface area (Å²) in [5, 5.41) is 0. The minimum Gasteiger partial charge on any atom is -0.378 e. The topological polar surface area (TPSA) is 29.5 Å². The number of hydrogen-bond acceptors (Lipinski definition) is 4. The first kappa shape index (κ1) is 19.6. The minimum absolute atomic E-state index is 0.184. The van der Waals surface area contributed by atoms with Crippen molar-refractivity contribution in [3.63, 3.8) is 0 Å². The zero-order valence-electron chi connectivity index (χ0n) is 16.0. The third-order valence-corrected chi connectivity index (χ3v) is 7.00. The SMILES string of the molecule is O=C(CSC(=S)N1CCOCC1)c1cc2ccc1CCc1ccc(cc1)CC2. The van der Waals surface area contributed by atoms with Crippen LogP contribution in [0.3, 0.4) is 0 Å². The molecule has 1 fully saturated rings. The van der Waals surface area contributed by atoms with E-state index in [4.69, 9.17) is 17.0 Å². The minimum atomic E-state index is 0.184. The predicted molar refractivity (Wildman–Crippen MR) is 119 cm³/mol. The first-order chi connectivity index (χ1) is 13.7. The van der Waals surface area contributed by atoms with Gasteiger partial charge in [-0.15, -0.1) is 0 Å². The van der Waals surface area contributed by atoms with Gasteiger partial charge in [-0.05, 0) is 54.0 Å². The molecule has 1 heterocycles. The summed E-state index contributed by atoms with van der Waals surface area (Å²) in [4.78, 5) is 15.2. The smallest absolute Gasteiger partial charge is 0.173 e. The van der Waals surface area contributed by atoms with Crippen molar-refractivity contribution in [2.75, 3.05) is 32.1 Å². The number of benzene rings is 2. The largest absolute Gasteiger partial charge is 0.378 e. The molecule has 2 aromatic rings. The lowest BCUT2D eigenvalue weighted by Crippen LogP contribution is -2.38. The molecule has 0 unspecified atom stereocenters. The summed E-state index contributed by atoms with van der Waals surface area (Å²) in [6.07, 6.45) is 3.81. The summed E-state index contributed by atoms with van der Waals surface area (Å²) in [5.74, 6) is 0.587. The molecule has 0 radical (unpaired) electrons. The fourth-order valence-electron chi connectivity index (χ4n) is 3.74. The number of nitrogens with zero attached hydrogens (tertiary/aromatic N) is 1. The summed E-state index contributed by atoms with van der Waals surface area (Å²) in [6.45, 7) is 3.06. The highest BCUT2D eigenvalue weighted by Crippen LogP contribution is 2.22. The van der Waals surface area contributed by atoms with E-state index in [1.807, 2.05) is 0 Å². The number of Topliss-reactive ketones (excluding diaryl/α,β-unsaturated/α-hetero) is 1. The van der Waals surface area contributed by atoms with E-state index in [0.29, 0.717) is 19.0 Å². The number of hydrogen-bond donors (Lipinski definition) is 0. The highest BCUT2D eigenvalue weighted by Gasteiger charge is 2.18. The van der Waals surface area contributed by atoms with Crippen molar-refractivity contribution < 1.29 is 9.53 Å². The van der Waals surface area contributed by atoms with Gasteiger partial charge in [-0.2, -0.15) is 0 Å². The average Bonchev–Trinajstić information content (AvgIpc) is 2.74. The Morgan fingerprint density at radius 2 is 1.54 bits per heavy atom. The fourth-order valence-corrected chi connectivity index (χ4v) is 4.87. The van der Waals surface area contributed by atoms with Crippen LogP contribution in [0.4, 0.5) is 0 Å². The van der Waals surface area contributed by atoms with Crippen molar-refractivity contribution in [3.8, 4) is 0 Å². The van der Waals surface area contributed by atoms with Gasteiger partial charge in [0.05, 0.1) is 19.0 Å².